The van der Waals surface area contributed by atoms with E-state index in [1.165, 1.54) is 6.07 Å². The number of thiophene rings is 1. The van der Waals surface area contributed by atoms with E-state index in [2.05, 4.69) is 10.6 Å². The second-order valence-corrected chi connectivity index (χ2v) is 8.23. The van der Waals surface area contributed by atoms with Gasteiger partial charge in [0.2, 0.25) is 15.9 Å². The van der Waals surface area contributed by atoms with E-state index < -0.39 is 10.0 Å². The Labute approximate surface area is 141 Å². The van der Waals surface area contributed by atoms with Crippen molar-refractivity contribution in [3.63, 3.8) is 0 Å². The lowest BCUT2D eigenvalue weighted by Gasteiger charge is -2.22. The Balaban J connectivity index is 0.00000242. The van der Waals surface area contributed by atoms with Gasteiger partial charge in [0.15, 0.2) is 0 Å². The number of hydrogen-bond donors (Lipinski definition) is 3. The van der Waals surface area contributed by atoms with E-state index in [0.717, 1.165) is 48.6 Å². The second kappa shape index (κ2) is 8.83. The number of nitrogens with one attached hydrogen (secondary N) is 2. The van der Waals surface area contributed by atoms with Gasteiger partial charge in [-0.2, -0.15) is 0 Å². The number of hydrogen-bond acceptors (Lipinski definition) is 5. The standard InChI is InChI=1S/C13H21N3O3S2.ClH/c14-21(18,19)13-4-2-11(20-13)9-16-12(17)3-1-10-5-7-15-8-6-10;/h2,4,10,15H,1,3,5-9H2,(H,16,17)(H2,14,18,19);1H. The second-order valence-electron chi connectivity index (χ2n) is 5.27. The van der Waals surface area contributed by atoms with Crippen LogP contribution in [-0.2, 0) is 21.4 Å². The number of rotatable bonds is 6. The first-order valence-corrected chi connectivity index (χ1v) is 9.40. The van der Waals surface area contributed by atoms with Gasteiger partial charge in [-0.25, -0.2) is 13.6 Å². The van der Waals surface area contributed by atoms with Crippen LogP contribution in [0.25, 0.3) is 0 Å². The number of amides is 1. The molecule has 1 amide bonds. The number of carbonyl (C=O) groups is 1. The third-order valence-corrected chi connectivity index (χ3v) is 6.14. The fourth-order valence-electron chi connectivity index (χ4n) is 2.39. The average Bonchev–Trinajstić information content (AvgIpc) is 2.93. The molecule has 0 spiro atoms. The molecule has 6 nitrogen and oxygen atoms in total. The third kappa shape index (κ3) is 6.21. The lowest BCUT2D eigenvalue weighted by Crippen LogP contribution is -2.29. The van der Waals surface area contributed by atoms with E-state index in [1.807, 2.05) is 0 Å². The van der Waals surface area contributed by atoms with E-state index in [9.17, 15) is 13.2 Å². The Bertz CT molecular complexity index is 583. The smallest absolute Gasteiger partial charge is 0.247 e. The molecule has 1 aliphatic rings. The van der Waals surface area contributed by atoms with Crippen molar-refractivity contribution in [2.75, 3.05) is 13.1 Å². The van der Waals surface area contributed by atoms with Crippen LogP contribution >= 0.6 is 23.7 Å². The van der Waals surface area contributed by atoms with Gasteiger partial charge in [-0.3, -0.25) is 4.79 Å². The van der Waals surface area contributed by atoms with Crippen LogP contribution in [0.4, 0.5) is 0 Å². The van der Waals surface area contributed by atoms with E-state index in [0.29, 0.717) is 18.9 Å². The summed E-state index contributed by atoms with van der Waals surface area (Å²) in [7, 11) is -3.65. The normalized spacial score (nSPS) is 16.0. The monoisotopic (exact) mass is 367 g/mol. The first-order chi connectivity index (χ1) is 9.95. The topological polar surface area (TPSA) is 101 Å². The zero-order chi connectivity index (χ0) is 15.3. The van der Waals surface area contributed by atoms with Crippen LogP contribution in [-0.4, -0.2) is 27.4 Å². The quantitative estimate of drug-likeness (QED) is 0.703. The molecule has 1 aliphatic heterocycles. The minimum atomic E-state index is -3.65. The molecule has 0 aliphatic carbocycles. The van der Waals surface area contributed by atoms with Crippen LogP contribution in [0.3, 0.4) is 0 Å². The minimum absolute atomic E-state index is 0. The first-order valence-electron chi connectivity index (χ1n) is 7.04. The molecule has 1 aromatic heterocycles. The van der Waals surface area contributed by atoms with E-state index >= 15 is 0 Å². The van der Waals surface area contributed by atoms with Gasteiger partial charge < -0.3 is 10.6 Å². The maximum Gasteiger partial charge on any atom is 0.247 e. The van der Waals surface area contributed by atoms with Gasteiger partial charge in [0.25, 0.3) is 0 Å². The maximum atomic E-state index is 11.8. The Kier molecular flexibility index (Phi) is 7.78. The number of sulfonamides is 1. The highest BCUT2D eigenvalue weighted by atomic mass is 35.5. The van der Waals surface area contributed by atoms with Gasteiger partial charge in [0, 0.05) is 11.3 Å². The van der Waals surface area contributed by atoms with E-state index in [4.69, 9.17) is 5.14 Å². The summed E-state index contributed by atoms with van der Waals surface area (Å²) in [5.41, 5.74) is 0. The molecule has 0 radical (unpaired) electrons. The summed E-state index contributed by atoms with van der Waals surface area (Å²) in [6.07, 6.45) is 3.71. The molecule has 126 valence electrons. The summed E-state index contributed by atoms with van der Waals surface area (Å²) >= 11 is 1.09. The van der Waals surface area contributed by atoms with Crippen molar-refractivity contribution < 1.29 is 13.2 Å². The summed E-state index contributed by atoms with van der Waals surface area (Å²) in [4.78, 5) is 12.6. The van der Waals surface area contributed by atoms with E-state index in [-0.39, 0.29) is 22.5 Å². The SMILES string of the molecule is Cl.NS(=O)(=O)c1ccc(CNC(=O)CCC2CCNCC2)s1. The molecule has 2 heterocycles. The Morgan fingerprint density at radius 3 is 2.64 bits per heavy atom. The lowest BCUT2D eigenvalue weighted by atomic mass is 9.93. The van der Waals surface area contributed by atoms with Crippen molar-refractivity contribution in [3.05, 3.63) is 17.0 Å². The Morgan fingerprint density at radius 2 is 2.05 bits per heavy atom. The van der Waals surface area contributed by atoms with Gasteiger partial charge >= 0.3 is 0 Å². The molecular weight excluding hydrogens is 346 g/mol. The number of nitrogens with two attached hydrogens (primary N) is 1. The van der Waals surface area contributed by atoms with Crippen molar-refractivity contribution in [2.45, 2.75) is 36.4 Å². The van der Waals surface area contributed by atoms with Gasteiger partial charge in [0.05, 0.1) is 6.54 Å². The molecule has 0 atom stereocenters. The van der Waals surface area contributed by atoms with Crippen LogP contribution in [0.1, 0.15) is 30.6 Å². The van der Waals surface area contributed by atoms with Gasteiger partial charge in [-0.1, -0.05) is 0 Å². The molecule has 0 unspecified atom stereocenters. The van der Waals surface area contributed by atoms with Gasteiger partial charge in [-0.05, 0) is 50.4 Å². The van der Waals surface area contributed by atoms with Gasteiger partial charge in [0.1, 0.15) is 4.21 Å². The van der Waals surface area contributed by atoms with Crippen LogP contribution in [0.2, 0.25) is 0 Å². The molecule has 1 fully saturated rings. The fraction of sp³-hybridized carbons (Fsp3) is 0.615. The molecule has 22 heavy (non-hydrogen) atoms. The zero-order valence-corrected chi connectivity index (χ0v) is 14.7. The highest BCUT2D eigenvalue weighted by molar-refractivity contribution is 7.91. The fourth-order valence-corrected chi connectivity index (χ4v) is 4.10. The molecule has 1 saturated heterocycles. The Morgan fingerprint density at radius 1 is 1.36 bits per heavy atom. The summed E-state index contributed by atoms with van der Waals surface area (Å²) in [5, 5.41) is 11.2. The summed E-state index contributed by atoms with van der Waals surface area (Å²) in [6, 6.07) is 3.15. The van der Waals surface area contributed by atoms with Crippen molar-refractivity contribution >= 4 is 39.7 Å². The summed E-state index contributed by atoms with van der Waals surface area (Å²) < 4.78 is 22.4. The molecule has 0 saturated carbocycles. The molecule has 0 aromatic carbocycles. The molecular formula is C13H22ClN3O3S2. The molecule has 9 heteroatoms. The zero-order valence-electron chi connectivity index (χ0n) is 12.2. The van der Waals surface area contributed by atoms with Crippen LogP contribution < -0.4 is 15.8 Å². The maximum absolute atomic E-state index is 11.8. The van der Waals surface area contributed by atoms with Crippen molar-refractivity contribution in [2.24, 2.45) is 11.1 Å². The molecule has 0 bridgehead atoms. The van der Waals surface area contributed by atoms with Gasteiger partial charge in [-0.15, -0.1) is 23.7 Å². The van der Waals surface area contributed by atoms with Crippen molar-refractivity contribution in [1.29, 1.82) is 0 Å². The van der Waals surface area contributed by atoms with Crippen molar-refractivity contribution in [1.82, 2.24) is 10.6 Å². The summed E-state index contributed by atoms with van der Waals surface area (Å²) in [5.74, 6) is 0.645. The minimum Gasteiger partial charge on any atom is -0.351 e. The van der Waals surface area contributed by atoms with Crippen molar-refractivity contribution in [3.8, 4) is 0 Å². The third-order valence-electron chi connectivity index (χ3n) is 3.62. The lowest BCUT2D eigenvalue weighted by molar-refractivity contribution is -0.121. The largest absolute Gasteiger partial charge is 0.351 e. The summed E-state index contributed by atoms with van der Waals surface area (Å²) in [6.45, 7) is 2.43. The predicted octanol–water partition coefficient (Wildman–Crippen LogP) is 1.21. The molecule has 4 N–H and O–H groups in total. The molecule has 1 aromatic rings. The highest BCUT2D eigenvalue weighted by Gasteiger charge is 2.15. The number of halogens is 1. The predicted molar refractivity (Wildman–Crippen MR) is 89.6 cm³/mol. The van der Waals surface area contributed by atoms with Crippen LogP contribution in [0.5, 0.6) is 0 Å². The van der Waals surface area contributed by atoms with Crippen LogP contribution in [0.15, 0.2) is 16.3 Å². The van der Waals surface area contributed by atoms with Crippen LogP contribution in [0, 0.1) is 5.92 Å². The Hall–Kier alpha value is -0.670. The van der Waals surface area contributed by atoms with E-state index in [1.54, 1.807) is 6.07 Å². The average molecular weight is 368 g/mol. The highest BCUT2D eigenvalue weighted by Crippen LogP contribution is 2.20. The number of carbonyl (C=O) groups excluding carboxylic acids is 1. The molecule has 2 rings (SSSR count). The number of primary sulfonamides is 1. The first kappa shape index (κ1) is 19.4. The number of piperidine rings is 1.